The average Bonchev–Trinajstić information content (AvgIpc) is 2.55. The van der Waals surface area contributed by atoms with E-state index < -0.39 is 4.92 Å². The molecule has 0 saturated heterocycles. The SMILES string of the molecule is [C-]#[N+]c1c(Cl)c(Cl)c(Cc2ccc([N+](=O)[O-])cc2Cl)c(Cl)c1[N+]#[C-]. The van der Waals surface area contributed by atoms with E-state index in [0.717, 1.165) is 0 Å². The molecule has 0 radical (unpaired) electrons. The summed E-state index contributed by atoms with van der Waals surface area (Å²) in [6, 6.07) is 3.98. The molecule has 0 aliphatic heterocycles. The van der Waals surface area contributed by atoms with Crippen molar-refractivity contribution < 1.29 is 4.92 Å². The lowest BCUT2D eigenvalue weighted by molar-refractivity contribution is -0.384. The standard InChI is InChI=1S/C15H5Cl4N3O2/c1-20-14-12(18)9(11(17)13(19)15(14)21-2)5-7-3-4-8(22(23)24)6-10(7)16/h3-4,6H,5H2. The summed E-state index contributed by atoms with van der Waals surface area (Å²) >= 11 is 24.5. The molecular weight excluding hydrogens is 396 g/mol. The lowest BCUT2D eigenvalue weighted by Gasteiger charge is -2.13. The summed E-state index contributed by atoms with van der Waals surface area (Å²) in [4.78, 5) is 16.6. The monoisotopic (exact) mass is 399 g/mol. The maximum absolute atomic E-state index is 10.8. The van der Waals surface area contributed by atoms with Gasteiger partial charge < -0.3 is 0 Å². The molecule has 0 unspecified atom stereocenters. The summed E-state index contributed by atoms with van der Waals surface area (Å²) in [5.74, 6) is 0. The first-order chi connectivity index (χ1) is 11.3. The fourth-order valence-electron chi connectivity index (χ4n) is 2.03. The molecule has 0 aliphatic rings. The van der Waals surface area contributed by atoms with E-state index >= 15 is 0 Å². The van der Waals surface area contributed by atoms with Gasteiger partial charge in [-0.1, -0.05) is 52.5 Å². The maximum atomic E-state index is 10.8. The van der Waals surface area contributed by atoms with Crippen molar-refractivity contribution in [1.82, 2.24) is 0 Å². The second-order valence-electron chi connectivity index (χ2n) is 4.55. The van der Waals surface area contributed by atoms with Crippen molar-refractivity contribution in [3.8, 4) is 0 Å². The summed E-state index contributed by atoms with van der Waals surface area (Å²) in [5.41, 5.74) is 0.504. The molecule has 0 heterocycles. The van der Waals surface area contributed by atoms with Crippen LogP contribution < -0.4 is 0 Å². The molecule has 0 atom stereocenters. The number of nitro groups is 1. The highest BCUT2D eigenvalue weighted by molar-refractivity contribution is 6.47. The van der Waals surface area contributed by atoms with Crippen LogP contribution in [0, 0.1) is 23.3 Å². The summed E-state index contributed by atoms with van der Waals surface area (Å²) in [7, 11) is 0. The van der Waals surface area contributed by atoms with Crippen LogP contribution in [0.1, 0.15) is 11.1 Å². The maximum Gasteiger partial charge on any atom is 0.270 e. The van der Waals surface area contributed by atoms with E-state index in [1.165, 1.54) is 18.2 Å². The summed E-state index contributed by atoms with van der Waals surface area (Å²) in [6.45, 7) is 14.3. The van der Waals surface area contributed by atoms with E-state index in [-0.39, 0.29) is 43.6 Å². The number of benzene rings is 2. The Balaban J connectivity index is 2.60. The first-order valence-electron chi connectivity index (χ1n) is 6.18. The molecule has 0 aromatic heterocycles. The van der Waals surface area contributed by atoms with E-state index in [0.29, 0.717) is 11.1 Å². The zero-order valence-corrected chi connectivity index (χ0v) is 14.6. The van der Waals surface area contributed by atoms with Gasteiger partial charge in [-0.3, -0.25) is 10.1 Å². The molecule has 0 amide bonds. The Kier molecular flexibility index (Phi) is 5.54. The van der Waals surface area contributed by atoms with E-state index in [4.69, 9.17) is 59.5 Å². The van der Waals surface area contributed by atoms with E-state index in [1.807, 2.05) is 0 Å². The topological polar surface area (TPSA) is 51.9 Å². The third-order valence-corrected chi connectivity index (χ3v) is 4.84. The molecule has 24 heavy (non-hydrogen) atoms. The average molecular weight is 401 g/mol. The Morgan fingerprint density at radius 2 is 1.58 bits per heavy atom. The Morgan fingerprint density at radius 3 is 2.08 bits per heavy atom. The lowest BCUT2D eigenvalue weighted by atomic mass is 10.0. The van der Waals surface area contributed by atoms with Gasteiger partial charge in [0.15, 0.2) is 0 Å². The van der Waals surface area contributed by atoms with Gasteiger partial charge in [0, 0.05) is 23.6 Å². The number of hydrogen-bond donors (Lipinski definition) is 0. The summed E-state index contributed by atoms with van der Waals surface area (Å²) in [5, 5.41) is 10.9. The zero-order valence-electron chi connectivity index (χ0n) is 11.6. The van der Waals surface area contributed by atoms with Crippen molar-refractivity contribution in [2.75, 3.05) is 0 Å². The van der Waals surface area contributed by atoms with Gasteiger partial charge in [-0.15, -0.1) is 0 Å². The molecule has 0 N–H and O–H groups in total. The number of hydrogen-bond acceptors (Lipinski definition) is 2. The molecule has 2 aromatic carbocycles. The second-order valence-corrected chi connectivity index (χ2v) is 6.09. The van der Waals surface area contributed by atoms with Crippen LogP contribution in [-0.4, -0.2) is 4.92 Å². The molecule has 0 bridgehead atoms. The zero-order chi connectivity index (χ0) is 18.0. The molecule has 0 saturated carbocycles. The minimum absolute atomic E-state index is 0.0137. The first kappa shape index (κ1) is 18.3. The second kappa shape index (κ2) is 7.25. The lowest BCUT2D eigenvalue weighted by Crippen LogP contribution is -1.95. The van der Waals surface area contributed by atoms with Gasteiger partial charge in [0.2, 0.25) is 11.4 Å². The smallest absolute Gasteiger partial charge is 0.258 e. The predicted molar refractivity (Wildman–Crippen MR) is 94.9 cm³/mol. The van der Waals surface area contributed by atoms with Gasteiger partial charge in [0.25, 0.3) is 5.69 Å². The molecule has 0 aliphatic carbocycles. The van der Waals surface area contributed by atoms with Crippen LogP contribution in [0.4, 0.5) is 17.1 Å². The minimum atomic E-state index is -0.561. The van der Waals surface area contributed by atoms with Gasteiger partial charge in [0.05, 0.1) is 33.1 Å². The molecule has 2 aromatic rings. The highest BCUT2D eigenvalue weighted by Gasteiger charge is 2.22. The van der Waals surface area contributed by atoms with Crippen LogP contribution in [0.25, 0.3) is 9.69 Å². The number of nitrogens with zero attached hydrogens (tertiary/aromatic N) is 3. The van der Waals surface area contributed by atoms with Crippen LogP contribution in [0.15, 0.2) is 18.2 Å². The van der Waals surface area contributed by atoms with Gasteiger partial charge in [-0.05, 0) is 11.1 Å². The number of halogens is 4. The third-order valence-electron chi connectivity index (χ3n) is 3.20. The van der Waals surface area contributed by atoms with Crippen molar-refractivity contribution in [2.45, 2.75) is 6.42 Å². The number of nitro benzene ring substituents is 1. The number of non-ortho nitro benzene ring substituents is 1. The van der Waals surface area contributed by atoms with E-state index in [9.17, 15) is 10.1 Å². The van der Waals surface area contributed by atoms with E-state index in [1.54, 1.807) is 0 Å². The Labute approximate surface area is 157 Å². The van der Waals surface area contributed by atoms with Crippen LogP contribution in [0.5, 0.6) is 0 Å². The van der Waals surface area contributed by atoms with Crippen molar-refractivity contribution in [1.29, 1.82) is 0 Å². The highest BCUT2D eigenvalue weighted by Crippen LogP contribution is 2.49. The Morgan fingerprint density at radius 1 is 1.00 bits per heavy atom. The quantitative estimate of drug-likeness (QED) is 0.243. The Hall–Kier alpha value is -2.02. The highest BCUT2D eigenvalue weighted by atomic mass is 35.5. The predicted octanol–water partition coefficient (Wildman–Crippen LogP) is 6.90. The Bertz CT molecular complexity index is 945. The molecule has 5 nitrogen and oxygen atoms in total. The molecule has 9 heteroatoms. The summed E-state index contributed by atoms with van der Waals surface area (Å²) < 4.78 is 0. The molecule has 2 rings (SSSR count). The van der Waals surface area contributed by atoms with Crippen LogP contribution in [0.3, 0.4) is 0 Å². The molecule has 0 spiro atoms. The summed E-state index contributed by atoms with van der Waals surface area (Å²) in [6.07, 6.45) is 0.106. The minimum Gasteiger partial charge on any atom is -0.258 e. The van der Waals surface area contributed by atoms with Gasteiger partial charge in [0.1, 0.15) is 0 Å². The largest absolute Gasteiger partial charge is 0.270 e. The fourth-order valence-corrected chi connectivity index (χ4v) is 3.11. The molecule has 120 valence electrons. The molecule has 0 fully saturated rings. The molecular formula is C15H5Cl4N3O2. The third kappa shape index (κ3) is 3.26. The van der Waals surface area contributed by atoms with Crippen molar-refractivity contribution >= 4 is 63.5 Å². The van der Waals surface area contributed by atoms with Gasteiger partial charge in [-0.25, -0.2) is 9.69 Å². The van der Waals surface area contributed by atoms with E-state index in [2.05, 4.69) is 9.69 Å². The van der Waals surface area contributed by atoms with Gasteiger partial charge in [-0.2, -0.15) is 0 Å². The normalized spacial score (nSPS) is 10.1. The first-order valence-corrected chi connectivity index (χ1v) is 7.70. The fraction of sp³-hybridized carbons (Fsp3) is 0.0667. The van der Waals surface area contributed by atoms with Crippen LogP contribution in [-0.2, 0) is 6.42 Å². The number of rotatable bonds is 3. The van der Waals surface area contributed by atoms with Crippen LogP contribution in [0.2, 0.25) is 20.1 Å². The van der Waals surface area contributed by atoms with Crippen molar-refractivity contribution in [3.05, 3.63) is 82.4 Å². The van der Waals surface area contributed by atoms with Crippen molar-refractivity contribution in [3.63, 3.8) is 0 Å². The van der Waals surface area contributed by atoms with Gasteiger partial charge >= 0.3 is 0 Å². The van der Waals surface area contributed by atoms with Crippen LogP contribution >= 0.6 is 46.4 Å². The van der Waals surface area contributed by atoms with Crippen molar-refractivity contribution in [2.24, 2.45) is 0 Å².